The fourth-order valence-electron chi connectivity index (χ4n) is 3.89. The predicted molar refractivity (Wildman–Crippen MR) is 57.4 cm³/mol. The van der Waals surface area contributed by atoms with E-state index in [1.807, 2.05) is 0 Å². The average molecular weight is 194 g/mol. The number of hydrogen-bond donors (Lipinski definition) is 2. The molecule has 14 heavy (non-hydrogen) atoms. The van der Waals surface area contributed by atoms with Gasteiger partial charge in [0.05, 0.1) is 0 Å². The van der Waals surface area contributed by atoms with Crippen molar-refractivity contribution < 1.29 is 0 Å². The first kappa shape index (κ1) is 9.17. The van der Waals surface area contributed by atoms with Gasteiger partial charge < -0.3 is 0 Å². The van der Waals surface area contributed by atoms with Crippen LogP contribution in [-0.4, -0.2) is 6.04 Å². The Labute approximate surface area is 86.6 Å². The van der Waals surface area contributed by atoms with E-state index in [4.69, 9.17) is 5.84 Å². The van der Waals surface area contributed by atoms with Crippen LogP contribution in [0.25, 0.3) is 0 Å². The van der Waals surface area contributed by atoms with E-state index >= 15 is 0 Å². The quantitative estimate of drug-likeness (QED) is 0.531. The number of fused-ring (bicyclic) bond motifs is 2. The second-order valence-electron chi connectivity index (χ2n) is 5.78. The Bertz CT molecular complexity index is 212. The molecule has 0 saturated heterocycles. The Balaban J connectivity index is 1.56. The lowest BCUT2D eigenvalue weighted by atomic mass is 9.83. The van der Waals surface area contributed by atoms with E-state index in [2.05, 4.69) is 5.43 Å². The summed E-state index contributed by atoms with van der Waals surface area (Å²) in [6.07, 6.45) is 10.3. The summed E-state index contributed by atoms with van der Waals surface area (Å²) in [5.41, 5.74) is 3.05. The SMILES string of the molecule is NNC(CC1CC2CCC1C2)C1CC1. The van der Waals surface area contributed by atoms with Crippen molar-refractivity contribution in [3.8, 4) is 0 Å². The second kappa shape index (κ2) is 3.49. The summed E-state index contributed by atoms with van der Waals surface area (Å²) in [6.45, 7) is 0. The molecule has 3 aliphatic rings. The molecule has 0 aromatic carbocycles. The molecule has 0 aliphatic heterocycles. The molecule has 2 nitrogen and oxygen atoms in total. The normalized spacial score (nSPS) is 43.1. The van der Waals surface area contributed by atoms with Crippen LogP contribution in [0.15, 0.2) is 0 Å². The fourth-order valence-corrected chi connectivity index (χ4v) is 3.89. The zero-order valence-electron chi connectivity index (χ0n) is 8.91. The van der Waals surface area contributed by atoms with Gasteiger partial charge in [0.25, 0.3) is 0 Å². The van der Waals surface area contributed by atoms with Gasteiger partial charge in [-0.05, 0) is 62.2 Å². The van der Waals surface area contributed by atoms with E-state index in [-0.39, 0.29) is 0 Å². The average Bonchev–Trinajstić information content (AvgIpc) is 2.84. The Hall–Kier alpha value is -0.0800. The van der Waals surface area contributed by atoms with Crippen LogP contribution >= 0.6 is 0 Å². The van der Waals surface area contributed by atoms with Gasteiger partial charge in [-0.3, -0.25) is 11.3 Å². The molecular formula is C12H22N2. The highest BCUT2D eigenvalue weighted by molar-refractivity contribution is 4.94. The van der Waals surface area contributed by atoms with Crippen molar-refractivity contribution in [3.05, 3.63) is 0 Å². The van der Waals surface area contributed by atoms with Crippen LogP contribution in [0.2, 0.25) is 0 Å². The highest BCUT2D eigenvalue weighted by Crippen LogP contribution is 2.51. The highest BCUT2D eigenvalue weighted by Gasteiger charge is 2.42. The van der Waals surface area contributed by atoms with E-state index < -0.39 is 0 Å². The standard InChI is InChI=1S/C12H22N2/c13-14-12(9-3-4-9)7-11-6-8-1-2-10(11)5-8/h8-12,14H,1-7,13H2. The maximum absolute atomic E-state index is 5.64. The molecule has 3 rings (SSSR count). The molecule has 3 saturated carbocycles. The maximum Gasteiger partial charge on any atom is 0.0241 e. The van der Waals surface area contributed by atoms with Crippen LogP contribution in [0.5, 0.6) is 0 Å². The van der Waals surface area contributed by atoms with E-state index in [0.717, 1.165) is 23.7 Å². The van der Waals surface area contributed by atoms with Crippen LogP contribution in [0, 0.1) is 23.7 Å². The Kier molecular flexibility index (Phi) is 2.29. The summed E-state index contributed by atoms with van der Waals surface area (Å²) in [7, 11) is 0. The number of nitrogens with two attached hydrogens (primary N) is 1. The van der Waals surface area contributed by atoms with Crippen molar-refractivity contribution in [1.82, 2.24) is 5.43 Å². The first-order valence-corrected chi connectivity index (χ1v) is 6.33. The predicted octanol–water partition coefficient (Wildman–Crippen LogP) is 2.05. The third kappa shape index (κ3) is 1.59. The lowest BCUT2D eigenvalue weighted by Gasteiger charge is -2.26. The first-order chi connectivity index (χ1) is 6.86. The molecule has 2 bridgehead atoms. The summed E-state index contributed by atoms with van der Waals surface area (Å²) in [5, 5.41) is 0. The Morgan fingerprint density at radius 1 is 1.14 bits per heavy atom. The fraction of sp³-hybridized carbons (Fsp3) is 1.00. The lowest BCUT2D eigenvalue weighted by molar-refractivity contribution is 0.266. The third-order valence-electron chi connectivity index (χ3n) is 4.85. The van der Waals surface area contributed by atoms with Crippen molar-refractivity contribution in [2.24, 2.45) is 29.5 Å². The topological polar surface area (TPSA) is 38.0 Å². The zero-order valence-corrected chi connectivity index (χ0v) is 8.91. The second-order valence-corrected chi connectivity index (χ2v) is 5.78. The molecular weight excluding hydrogens is 172 g/mol. The smallest absolute Gasteiger partial charge is 0.0241 e. The number of hydrazine groups is 1. The third-order valence-corrected chi connectivity index (χ3v) is 4.85. The van der Waals surface area contributed by atoms with Gasteiger partial charge in [0.1, 0.15) is 0 Å². The highest BCUT2D eigenvalue weighted by atomic mass is 15.2. The van der Waals surface area contributed by atoms with Gasteiger partial charge >= 0.3 is 0 Å². The minimum Gasteiger partial charge on any atom is -0.271 e. The molecule has 0 amide bonds. The largest absolute Gasteiger partial charge is 0.271 e. The molecule has 0 heterocycles. The van der Waals surface area contributed by atoms with Gasteiger partial charge in [-0.1, -0.05) is 6.42 Å². The van der Waals surface area contributed by atoms with Gasteiger partial charge in [0, 0.05) is 6.04 Å². The summed E-state index contributed by atoms with van der Waals surface area (Å²) >= 11 is 0. The van der Waals surface area contributed by atoms with E-state index in [1.54, 1.807) is 0 Å². The lowest BCUT2D eigenvalue weighted by Crippen LogP contribution is -2.39. The van der Waals surface area contributed by atoms with Crippen LogP contribution in [0.3, 0.4) is 0 Å². The van der Waals surface area contributed by atoms with E-state index in [0.29, 0.717) is 6.04 Å². The first-order valence-electron chi connectivity index (χ1n) is 6.33. The Morgan fingerprint density at radius 2 is 2.00 bits per heavy atom. The Morgan fingerprint density at radius 3 is 2.50 bits per heavy atom. The van der Waals surface area contributed by atoms with Crippen molar-refractivity contribution in [2.75, 3.05) is 0 Å². The monoisotopic (exact) mass is 194 g/mol. The summed E-state index contributed by atoms with van der Waals surface area (Å²) < 4.78 is 0. The van der Waals surface area contributed by atoms with Crippen LogP contribution in [0.4, 0.5) is 0 Å². The minimum atomic E-state index is 0.638. The van der Waals surface area contributed by atoms with Gasteiger partial charge in [-0.2, -0.15) is 0 Å². The molecule has 4 unspecified atom stereocenters. The number of hydrogen-bond acceptors (Lipinski definition) is 2. The molecule has 0 spiro atoms. The molecule has 0 aromatic rings. The van der Waals surface area contributed by atoms with Gasteiger partial charge in [-0.15, -0.1) is 0 Å². The maximum atomic E-state index is 5.64. The van der Waals surface area contributed by atoms with Gasteiger partial charge in [0.15, 0.2) is 0 Å². The molecule has 2 heteroatoms. The molecule has 0 aromatic heterocycles. The molecule has 3 aliphatic carbocycles. The van der Waals surface area contributed by atoms with Gasteiger partial charge in [0.2, 0.25) is 0 Å². The number of rotatable bonds is 4. The van der Waals surface area contributed by atoms with Crippen LogP contribution in [-0.2, 0) is 0 Å². The van der Waals surface area contributed by atoms with Crippen LogP contribution in [0.1, 0.15) is 44.9 Å². The summed E-state index contributed by atoms with van der Waals surface area (Å²) in [6, 6.07) is 0.638. The molecule has 0 radical (unpaired) electrons. The zero-order chi connectivity index (χ0) is 9.54. The summed E-state index contributed by atoms with van der Waals surface area (Å²) in [5.74, 6) is 9.72. The van der Waals surface area contributed by atoms with E-state index in [9.17, 15) is 0 Å². The van der Waals surface area contributed by atoms with Crippen molar-refractivity contribution in [1.29, 1.82) is 0 Å². The number of nitrogens with one attached hydrogen (secondary N) is 1. The van der Waals surface area contributed by atoms with Crippen LogP contribution < -0.4 is 11.3 Å². The minimum absolute atomic E-state index is 0.638. The molecule has 80 valence electrons. The summed E-state index contributed by atoms with van der Waals surface area (Å²) in [4.78, 5) is 0. The van der Waals surface area contributed by atoms with Crippen molar-refractivity contribution in [3.63, 3.8) is 0 Å². The van der Waals surface area contributed by atoms with Crippen molar-refractivity contribution >= 4 is 0 Å². The van der Waals surface area contributed by atoms with E-state index in [1.165, 1.54) is 44.9 Å². The molecule has 4 atom stereocenters. The molecule has 3 fully saturated rings. The van der Waals surface area contributed by atoms with Crippen molar-refractivity contribution in [2.45, 2.75) is 51.0 Å². The molecule has 3 N–H and O–H groups in total. The van der Waals surface area contributed by atoms with Gasteiger partial charge in [-0.25, -0.2) is 0 Å².